The lowest BCUT2D eigenvalue weighted by Gasteiger charge is -2.34. The second-order valence-electron chi connectivity index (χ2n) is 11.8. The quantitative estimate of drug-likeness (QED) is 0.152. The van der Waals surface area contributed by atoms with Gasteiger partial charge in [0, 0.05) is 25.1 Å². The Morgan fingerprint density at radius 1 is 0.837 bits per heavy atom. The van der Waals surface area contributed by atoms with Gasteiger partial charge in [0.15, 0.2) is 0 Å². The van der Waals surface area contributed by atoms with Gasteiger partial charge < -0.3 is 19.7 Å². The van der Waals surface area contributed by atoms with Crippen LogP contribution in [0.1, 0.15) is 36.8 Å². The molecule has 258 valence electrons. The number of methoxy groups -OCH3 is 2. The zero-order chi connectivity index (χ0) is 35.0. The molecule has 0 aromatic heterocycles. The monoisotopic (exact) mass is 723 g/mol. The standard InChI is InChI=1S/C37H39Cl2N3O6S/c1-47-29-18-20-35(48-2)33(23-29)42(49(45,46)30-15-7-4-8-16-30)25-36(43)41(24-27-17-19-31(38)32(39)21-27)34(22-26-11-5-3-6-12-26)37(44)40-28-13-9-10-14-28/h3-8,11-12,15-21,23,28,34H,9-10,13-14,22,24-25H2,1-2H3,(H,40,44)/t34-/m1/s1. The van der Waals surface area contributed by atoms with E-state index in [-0.39, 0.29) is 46.3 Å². The first kappa shape index (κ1) is 36.0. The van der Waals surface area contributed by atoms with Crippen LogP contribution in [0.5, 0.6) is 11.5 Å². The van der Waals surface area contributed by atoms with Gasteiger partial charge in [-0.1, -0.05) is 90.6 Å². The van der Waals surface area contributed by atoms with E-state index in [1.807, 2.05) is 30.3 Å². The molecule has 0 heterocycles. The topological polar surface area (TPSA) is 105 Å². The fourth-order valence-electron chi connectivity index (χ4n) is 5.98. The van der Waals surface area contributed by atoms with Crippen molar-refractivity contribution in [2.75, 3.05) is 25.1 Å². The SMILES string of the molecule is COc1ccc(OC)c(N(CC(=O)N(Cc2ccc(Cl)c(Cl)c2)[C@H](Cc2ccccc2)C(=O)NC2CCCC2)S(=O)(=O)c2ccccc2)c1. The van der Waals surface area contributed by atoms with Crippen LogP contribution >= 0.6 is 23.2 Å². The van der Waals surface area contributed by atoms with Crippen molar-refractivity contribution in [2.24, 2.45) is 0 Å². The van der Waals surface area contributed by atoms with Gasteiger partial charge in [0.05, 0.1) is 34.8 Å². The van der Waals surface area contributed by atoms with Gasteiger partial charge in [-0.15, -0.1) is 0 Å². The summed E-state index contributed by atoms with van der Waals surface area (Å²) in [6, 6.07) is 26.0. The maximum atomic E-state index is 14.8. The maximum Gasteiger partial charge on any atom is 0.264 e. The normalized spacial score (nSPS) is 13.8. The molecule has 1 atom stereocenters. The van der Waals surface area contributed by atoms with E-state index in [2.05, 4.69) is 5.32 Å². The second-order valence-corrected chi connectivity index (χ2v) is 14.5. The van der Waals surface area contributed by atoms with Crippen molar-refractivity contribution in [1.82, 2.24) is 10.2 Å². The van der Waals surface area contributed by atoms with Gasteiger partial charge in [-0.25, -0.2) is 8.42 Å². The Balaban J connectivity index is 1.62. The van der Waals surface area contributed by atoms with Crippen LogP contribution in [-0.2, 0) is 32.6 Å². The summed E-state index contributed by atoms with van der Waals surface area (Å²) in [7, 11) is -1.46. The van der Waals surface area contributed by atoms with Crippen LogP contribution in [0.4, 0.5) is 5.69 Å². The van der Waals surface area contributed by atoms with E-state index < -0.39 is 28.5 Å². The van der Waals surface area contributed by atoms with Gasteiger partial charge in [-0.2, -0.15) is 0 Å². The van der Waals surface area contributed by atoms with E-state index >= 15 is 0 Å². The highest BCUT2D eigenvalue weighted by molar-refractivity contribution is 7.92. The number of ether oxygens (including phenoxy) is 2. The molecule has 0 unspecified atom stereocenters. The van der Waals surface area contributed by atoms with Crippen molar-refractivity contribution < 1.29 is 27.5 Å². The minimum absolute atomic E-state index is 0.0105. The molecule has 1 aliphatic carbocycles. The first-order valence-electron chi connectivity index (χ1n) is 16.0. The number of hydrogen-bond donors (Lipinski definition) is 1. The number of carbonyl (C=O) groups excluding carboxylic acids is 2. The number of benzene rings is 4. The highest BCUT2D eigenvalue weighted by Crippen LogP contribution is 2.36. The summed E-state index contributed by atoms with van der Waals surface area (Å²) in [4.78, 5) is 30.4. The Kier molecular flexibility index (Phi) is 12.1. The van der Waals surface area contributed by atoms with Crippen LogP contribution in [0.2, 0.25) is 10.0 Å². The van der Waals surface area contributed by atoms with E-state index in [9.17, 15) is 18.0 Å². The molecule has 2 amide bonds. The highest BCUT2D eigenvalue weighted by Gasteiger charge is 2.36. The minimum atomic E-state index is -4.34. The number of sulfonamides is 1. The summed E-state index contributed by atoms with van der Waals surface area (Å²) in [5.41, 5.74) is 1.55. The fourth-order valence-corrected chi connectivity index (χ4v) is 7.74. The smallest absolute Gasteiger partial charge is 0.264 e. The zero-order valence-electron chi connectivity index (χ0n) is 27.4. The number of hydrogen-bond acceptors (Lipinski definition) is 6. The third kappa shape index (κ3) is 8.86. The molecule has 9 nitrogen and oxygen atoms in total. The molecule has 0 bridgehead atoms. The van der Waals surface area contributed by atoms with Crippen LogP contribution < -0.4 is 19.1 Å². The minimum Gasteiger partial charge on any atom is -0.497 e. The molecule has 0 aliphatic heterocycles. The number of rotatable bonds is 14. The Morgan fingerprint density at radius 3 is 2.14 bits per heavy atom. The summed E-state index contributed by atoms with van der Waals surface area (Å²) in [5.74, 6) is -0.357. The fraction of sp³-hybridized carbons (Fsp3) is 0.297. The number of amides is 2. The van der Waals surface area contributed by atoms with Crippen molar-refractivity contribution in [3.8, 4) is 11.5 Å². The molecular formula is C37H39Cl2N3O6S. The molecule has 49 heavy (non-hydrogen) atoms. The number of nitrogens with zero attached hydrogens (tertiary/aromatic N) is 2. The maximum absolute atomic E-state index is 14.8. The Bertz CT molecular complexity index is 1850. The average Bonchev–Trinajstić information content (AvgIpc) is 3.63. The van der Waals surface area contributed by atoms with E-state index in [1.165, 1.54) is 37.3 Å². The Morgan fingerprint density at radius 2 is 1.51 bits per heavy atom. The van der Waals surface area contributed by atoms with E-state index in [4.69, 9.17) is 32.7 Å². The van der Waals surface area contributed by atoms with Crippen LogP contribution in [0, 0.1) is 0 Å². The lowest BCUT2D eigenvalue weighted by molar-refractivity contribution is -0.140. The highest BCUT2D eigenvalue weighted by atomic mass is 35.5. The molecule has 1 saturated carbocycles. The van der Waals surface area contributed by atoms with Gasteiger partial charge in [-0.05, 0) is 60.4 Å². The van der Waals surface area contributed by atoms with Gasteiger partial charge in [0.25, 0.3) is 10.0 Å². The largest absolute Gasteiger partial charge is 0.497 e. The van der Waals surface area contributed by atoms with Crippen molar-refractivity contribution in [3.63, 3.8) is 0 Å². The van der Waals surface area contributed by atoms with Gasteiger partial charge in [0.1, 0.15) is 24.1 Å². The molecule has 4 aromatic carbocycles. The molecule has 1 fully saturated rings. The average molecular weight is 725 g/mol. The second kappa shape index (κ2) is 16.4. The van der Waals surface area contributed by atoms with E-state index in [0.717, 1.165) is 35.6 Å². The molecule has 0 radical (unpaired) electrons. The third-order valence-corrected chi connectivity index (χ3v) is 11.1. The molecule has 1 N–H and O–H groups in total. The van der Waals surface area contributed by atoms with Crippen molar-refractivity contribution in [1.29, 1.82) is 0 Å². The molecule has 5 rings (SSSR count). The Hall–Kier alpha value is -4.25. The number of nitrogens with one attached hydrogen (secondary N) is 1. The van der Waals surface area contributed by atoms with Crippen LogP contribution in [0.15, 0.2) is 102 Å². The number of halogens is 2. The molecule has 4 aromatic rings. The van der Waals surface area contributed by atoms with E-state index in [1.54, 1.807) is 48.5 Å². The molecule has 0 spiro atoms. The summed E-state index contributed by atoms with van der Waals surface area (Å²) in [6.45, 7) is -0.691. The summed E-state index contributed by atoms with van der Waals surface area (Å²) < 4.78 is 40.8. The Labute approximate surface area is 297 Å². The van der Waals surface area contributed by atoms with Gasteiger partial charge in [0.2, 0.25) is 11.8 Å². The van der Waals surface area contributed by atoms with Crippen molar-refractivity contribution in [3.05, 3.63) is 118 Å². The first-order chi connectivity index (χ1) is 23.6. The zero-order valence-corrected chi connectivity index (χ0v) is 29.7. The lowest BCUT2D eigenvalue weighted by Crippen LogP contribution is -2.54. The summed E-state index contributed by atoms with van der Waals surface area (Å²) >= 11 is 12.6. The number of anilines is 1. The molecular weight excluding hydrogens is 685 g/mol. The van der Waals surface area contributed by atoms with Gasteiger partial charge in [-0.3, -0.25) is 13.9 Å². The predicted molar refractivity (Wildman–Crippen MR) is 192 cm³/mol. The third-order valence-electron chi connectivity index (χ3n) is 8.57. The van der Waals surface area contributed by atoms with E-state index in [0.29, 0.717) is 16.3 Å². The molecule has 1 aliphatic rings. The van der Waals surface area contributed by atoms with Crippen molar-refractivity contribution >= 4 is 50.7 Å². The first-order valence-corrected chi connectivity index (χ1v) is 18.2. The van der Waals surface area contributed by atoms with Crippen molar-refractivity contribution in [2.45, 2.75) is 55.6 Å². The summed E-state index contributed by atoms with van der Waals surface area (Å²) in [5, 5.41) is 3.80. The van der Waals surface area contributed by atoms with Crippen LogP contribution in [-0.4, -0.2) is 58.0 Å². The predicted octanol–water partition coefficient (Wildman–Crippen LogP) is 6.90. The van der Waals surface area contributed by atoms with Gasteiger partial charge >= 0.3 is 0 Å². The van der Waals surface area contributed by atoms with Crippen LogP contribution in [0.3, 0.4) is 0 Å². The molecule has 12 heteroatoms. The lowest BCUT2D eigenvalue weighted by atomic mass is 10.0. The summed E-state index contributed by atoms with van der Waals surface area (Å²) in [6.07, 6.45) is 3.91. The molecule has 0 saturated heterocycles. The van der Waals surface area contributed by atoms with Crippen LogP contribution in [0.25, 0.3) is 0 Å². The number of carbonyl (C=O) groups is 2.